The number of benzene rings is 1. The SMILES string of the molecule is Cc1c(Br)cc([N+](=O)[O-])c2cccnc12. The van der Waals surface area contributed by atoms with Gasteiger partial charge in [0.1, 0.15) is 0 Å². The fraction of sp³-hybridized carbons (Fsp3) is 0.100. The van der Waals surface area contributed by atoms with Crippen LogP contribution in [0.1, 0.15) is 5.56 Å². The van der Waals surface area contributed by atoms with Crippen LogP contribution in [-0.4, -0.2) is 9.91 Å². The van der Waals surface area contributed by atoms with Gasteiger partial charge < -0.3 is 0 Å². The van der Waals surface area contributed by atoms with Crippen molar-refractivity contribution in [1.82, 2.24) is 4.98 Å². The molecule has 0 saturated heterocycles. The number of rotatable bonds is 1. The number of fused-ring (bicyclic) bond motifs is 1. The van der Waals surface area contributed by atoms with Gasteiger partial charge in [-0.2, -0.15) is 0 Å². The summed E-state index contributed by atoms with van der Waals surface area (Å²) in [5.41, 5.74) is 1.66. The summed E-state index contributed by atoms with van der Waals surface area (Å²) in [6.45, 7) is 1.88. The average Bonchev–Trinajstić information content (AvgIpc) is 2.23. The van der Waals surface area contributed by atoms with E-state index in [-0.39, 0.29) is 5.69 Å². The van der Waals surface area contributed by atoms with Crippen LogP contribution in [0.15, 0.2) is 28.9 Å². The van der Waals surface area contributed by atoms with Gasteiger partial charge in [0.15, 0.2) is 0 Å². The number of halogens is 1. The van der Waals surface area contributed by atoms with Crippen LogP contribution in [0.4, 0.5) is 5.69 Å². The van der Waals surface area contributed by atoms with Crippen molar-refractivity contribution in [1.29, 1.82) is 0 Å². The van der Waals surface area contributed by atoms with Crippen molar-refractivity contribution in [2.75, 3.05) is 0 Å². The molecule has 0 spiro atoms. The van der Waals surface area contributed by atoms with Gasteiger partial charge in [-0.05, 0) is 24.6 Å². The monoisotopic (exact) mass is 266 g/mol. The van der Waals surface area contributed by atoms with Gasteiger partial charge in [-0.25, -0.2) is 0 Å². The number of aryl methyl sites for hydroxylation is 1. The van der Waals surface area contributed by atoms with E-state index in [4.69, 9.17) is 0 Å². The van der Waals surface area contributed by atoms with Crippen molar-refractivity contribution in [2.45, 2.75) is 6.92 Å². The molecule has 0 aliphatic carbocycles. The van der Waals surface area contributed by atoms with E-state index >= 15 is 0 Å². The standard InChI is InChI=1S/C10H7BrN2O2/c1-6-8(11)5-9(13(14)15)7-3-2-4-12-10(6)7/h2-5H,1H3. The molecule has 4 nitrogen and oxygen atoms in total. The fourth-order valence-corrected chi connectivity index (χ4v) is 1.89. The van der Waals surface area contributed by atoms with Crippen molar-refractivity contribution in [3.8, 4) is 0 Å². The molecule has 0 radical (unpaired) electrons. The predicted octanol–water partition coefficient (Wildman–Crippen LogP) is 3.21. The fourth-order valence-electron chi connectivity index (χ4n) is 1.48. The zero-order chi connectivity index (χ0) is 11.0. The van der Waals surface area contributed by atoms with E-state index < -0.39 is 4.92 Å². The lowest BCUT2D eigenvalue weighted by atomic mass is 10.1. The minimum absolute atomic E-state index is 0.0792. The van der Waals surface area contributed by atoms with Crippen LogP contribution in [0.5, 0.6) is 0 Å². The largest absolute Gasteiger partial charge is 0.279 e. The van der Waals surface area contributed by atoms with E-state index in [1.165, 1.54) is 6.07 Å². The third kappa shape index (κ3) is 1.59. The maximum absolute atomic E-state index is 10.8. The van der Waals surface area contributed by atoms with E-state index in [1.807, 2.05) is 6.92 Å². The normalized spacial score (nSPS) is 10.5. The van der Waals surface area contributed by atoms with Gasteiger partial charge in [-0.15, -0.1) is 0 Å². The van der Waals surface area contributed by atoms with Crippen LogP contribution in [0.3, 0.4) is 0 Å². The summed E-state index contributed by atoms with van der Waals surface area (Å²) in [7, 11) is 0. The third-order valence-electron chi connectivity index (χ3n) is 2.26. The first-order chi connectivity index (χ1) is 7.11. The molecule has 0 unspecified atom stereocenters. The summed E-state index contributed by atoms with van der Waals surface area (Å²) < 4.78 is 0.709. The molecule has 0 saturated carbocycles. The van der Waals surface area contributed by atoms with Gasteiger partial charge in [0.05, 0.1) is 15.8 Å². The maximum atomic E-state index is 10.8. The molecule has 0 bridgehead atoms. The van der Waals surface area contributed by atoms with Gasteiger partial charge in [-0.3, -0.25) is 15.1 Å². The smallest absolute Gasteiger partial charge is 0.258 e. The number of pyridine rings is 1. The molecular weight excluding hydrogens is 260 g/mol. The van der Waals surface area contributed by atoms with E-state index in [2.05, 4.69) is 20.9 Å². The van der Waals surface area contributed by atoms with Gasteiger partial charge in [0.2, 0.25) is 0 Å². The molecular formula is C10H7BrN2O2. The average molecular weight is 267 g/mol. The lowest BCUT2D eigenvalue weighted by Crippen LogP contribution is -1.93. The molecule has 0 aliphatic rings. The van der Waals surface area contributed by atoms with Crippen LogP contribution in [0.25, 0.3) is 10.9 Å². The predicted molar refractivity (Wildman–Crippen MR) is 60.8 cm³/mol. The highest BCUT2D eigenvalue weighted by Crippen LogP contribution is 2.32. The van der Waals surface area contributed by atoms with Crippen molar-refractivity contribution in [3.63, 3.8) is 0 Å². The van der Waals surface area contributed by atoms with Crippen LogP contribution >= 0.6 is 15.9 Å². The number of nitro groups is 1. The molecule has 0 fully saturated rings. The minimum atomic E-state index is -0.395. The molecule has 5 heteroatoms. The highest BCUT2D eigenvalue weighted by atomic mass is 79.9. The number of hydrogen-bond donors (Lipinski definition) is 0. The van der Waals surface area contributed by atoms with E-state index in [0.29, 0.717) is 15.4 Å². The maximum Gasteiger partial charge on any atom is 0.279 e. The van der Waals surface area contributed by atoms with Crippen LogP contribution in [0, 0.1) is 17.0 Å². The van der Waals surface area contributed by atoms with Gasteiger partial charge in [-0.1, -0.05) is 15.9 Å². The lowest BCUT2D eigenvalue weighted by molar-refractivity contribution is -0.383. The zero-order valence-corrected chi connectivity index (χ0v) is 9.48. The second-order valence-electron chi connectivity index (χ2n) is 3.16. The Morgan fingerprint density at radius 2 is 2.27 bits per heavy atom. The number of nitrogens with zero attached hydrogens (tertiary/aromatic N) is 2. The summed E-state index contributed by atoms with van der Waals surface area (Å²) in [4.78, 5) is 14.6. The van der Waals surface area contributed by atoms with Crippen molar-refractivity contribution in [2.24, 2.45) is 0 Å². The van der Waals surface area contributed by atoms with Crippen LogP contribution in [0.2, 0.25) is 0 Å². The number of non-ortho nitro benzene ring substituents is 1. The van der Waals surface area contributed by atoms with E-state index in [0.717, 1.165) is 5.56 Å². The summed E-state index contributed by atoms with van der Waals surface area (Å²) in [6.07, 6.45) is 1.63. The topological polar surface area (TPSA) is 56.0 Å². The second kappa shape index (κ2) is 3.58. The Kier molecular flexibility index (Phi) is 2.40. The summed E-state index contributed by atoms with van der Waals surface area (Å²) in [5, 5.41) is 11.4. The van der Waals surface area contributed by atoms with Crippen LogP contribution < -0.4 is 0 Å². The third-order valence-corrected chi connectivity index (χ3v) is 3.08. The van der Waals surface area contributed by atoms with Gasteiger partial charge >= 0.3 is 0 Å². The molecule has 0 aliphatic heterocycles. The Morgan fingerprint density at radius 1 is 1.53 bits per heavy atom. The Hall–Kier alpha value is -1.49. The molecule has 1 aromatic heterocycles. The summed E-state index contributed by atoms with van der Waals surface area (Å²) in [6, 6.07) is 4.92. The Labute approximate surface area is 94.2 Å². The molecule has 2 rings (SSSR count). The van der Waals surface area contributed by atoms with Gasteiger partial charge in [0, 0.05) is 16.7 Å². The molecule has 1 aromatic carbocycles. The number of nitro benzene ring substituents is 1. The number of hydrogen-bond acceptors (Lipinski definition) is 3. The Balaban J connectivity index is 2.94. The Morgan fingerprint density at radius 3 is 2.93 bits per heavy atom. The first-order valence-electron chi connectivity index (χ1n) is 4.29. The molecule has 0 amide bonds. The van der Waals surface area contributed by atoms with Crippen molar-refractivity contribution >= 4 is 32.5 Å². The van der Waals surface area contributed by atoms with E-state index in [1.54, 1.807) is 18.3 Å². The molecule has 0 atom stereocenters. The van der Waals surface area contributed by atoms with Crippen molar-refractivity contribution in [3.05, 3.63) is 44.5 Å². The minimum Gasteiger partial charge on any atom is -0.258 e. The Bertz CT molecular complexity index is 554. The summed E-state index contributed by atoms with van der Waals surface area (Å²) in [5.74, 6) is 0. The molecule has 2 aromatic rings. The first kappa shape index (κ1) is 10.0. The lowest BCUT2D eigenvalue weighted by Gasteiger charge is -2.04. The van der Waals surface area contributed by atoms with Gasteiger partial charge in [0.25, 0.3) is 5.69 Å². The first-order valence-corrected chi connectivity index (χ1v) is 5.09. The molecule has 1 heterocycles. The second-order valence-corrected chi connectivity index (χ2v) is 4.01. The molecule has 0 N–H and O–H groups in total. The van der Waals surface area contributed by atoms with E-state index in [9.17, 15) is 10.1 Å². The quantitative estimate of drug-likeness (QED) is 0.588. The number of aromatic nitrogens is 1. The molecule has 15 heavy (non-hydrogen) atoms. The zero-order valence-electron chi connectivity index (χ0n) is 7.90. The highest BCUT2D eigenvalue weighted by molar-refractivity contribution is 9.10. The molecule has 76 valence electrons. The summed E-state index contributed by atoms with van der Waals surface area (Å²) >= 11 is 3.29. The van der Waals surface area contributed by atoms with Crippen LogP contribution in [-0.2, 0) is 0 Å². The highest BCUT2D eigenvalue weighted by Gasteiger charge is 2.15. The van der Waals surface area contributed by atoms with Crippen molar-refractivity contribution < 1.29 is 4.92 Å².